The van der Waals surface area contributed by atoms with Gasteiger partial charge < -0.3 is 34.3 Å². The van der Waals surface area contributed by atoms with Crippen LogP contribution in [-0.4, -0.2) is 78.9 Å². The van der Waals surface area contributed by atoms with E-state index in [9.17, 15) is 27.9 Å². The van der Waals surface area contributed by atoms with E-state index in [1.54, 1.807) is 14.2 Å². The van der Waals surface area contributed by atoms with E-state index >= 15 is 0 Å². The van der Waals surface area contributed by atoms with Crippen molar-refractivity contribution < 1.29 is 46.8 Å². The lowest BCUT2D eigenvalue weighted by atomic mass is 9.89. The average Bonchev–Trinajstić information content (AvgIpc) is 3.73. The Labute approximate surface area is 330 Å². The Balaban J connectivity index is 1.05. The summed E-state index contributed by atoms with van der Waals surface area (Å²) in [6.45, 7) is 4.42. The van der Waals surface area contributed by atoms with Crippen molar-refractivity contribution in [1.82, 2.24) is 15.1 Å². The number of benzene rings is 4. The van der Waals surface area contributed by atoms with Gasteiger partial charge in [0, 0.05) is 44.2 Å². The van der Waals surface area contributed by atoms with Gasteiger partial charge in [-0.05, 0) is 76.4 Å². The number of nitrogens with one attached hydrogen (secondary N) is 1. The molecule has 0 aromatic heterocycles. The Kier molecular flexibility index (Phi) is 12.2. The molecule has 0 saturated carbocycles. The Morgan fingerprint density at radius 2 is 1.56 bits per heavy atom. The summed E-state index contributed by atoms with van der Waals surface area (Å²) in [5, 5.41) is 12.4. The summed E-state index contributed by atoms with van der Waals surface area (Å²) >= 11 is 0. The number of rotatable bonds is 11. The molecule has 3 heterocycles. The van der Waals surface area contributed by atoms with E-state index in [-0.39, 0.29) is 44.2 Å². The predicted molar refractivity (Wildman–Crippen MR) is 206 cm³/mol. The lowest BCUT2D eigenvalue weighted by molar-refractivity contribution is -0.276. The number of alkyl halides is 3. The Hall–Kier alpha value is -4.95. The molecule has 0 bridgehead atoms. The van der Waals surface area contributed by atoms with Crippen LogP contribution in [0.3, 0.4) is 0 Å². The molecular weight excluding hydrogens is 739 g/mol. The van der Waals surface area contributed by atoms with Crippen molar-refractivity contribution in [2.75, 3.05) is 33.9 Å². The lowest BCUT2D eigenvalue weighted by Crippen LogP contribution is -2.50. The highest BCUT2D eigenvalue weighted by atomic mass is 19.4. The van der Waals surface area contributed by atoms with E-state index in [1.807, 2.05) is 72.8 Å². The van der Waals surface area contributed by atoms with E-state index in [1.165, 1.54) is 11.1 Å². The third-order valence-electron chi connectivity index (χ3n) is 11.3. The fourth-order valence-corrected chi connectivity index (χ4v) is 8.13. The summed E-state index contributed by atoms with van der Waals surface area (Å²) in [6, 6.07) is 26.3. The maximum absolute atomic E-state index is 13.1. The van der Waals surface area contributed by atoms with Crippen LogP contribution in [0.1, 0.15) is 65.5 Å². The quantitative estimate of drug-likeness (QED) is 0.170. The number of likely N-dealkylation sites (tertiary alicyclic amines) is 1. The number of fused-ring (bicyclic) bond motifs is 1. The molecule has 0 spiro atoms. The smallest absolute Gasteiger partial charge is 0.471 e. The number of aliphatic hydroxyl groups excluding tert-OH is 1. The molecule has 4 aromatic carbocycles. The third-order valence-corrected chi connectivity index (χ3v) is 11.3. The molecule has 2 saturated heterocycles. The first-order chi connectivity index (χ1) is 27.4. The second kappa shape index (κ2) is 17.3. The third kappa shape index (κ3) is 8.96. The molecule has 2 amide bonds. The standard InChI is InChI=1S/C44H48F3N3O7/c1-27-39(25-49-19-17-34-21-37(54-2)38(55-3)22-35(34)24-49)56-42(57-40(27)31-11-9-28(26-51)10-12-31)32-15-13-30(14-16-32)33-7-4-6-29(20-33)23-48-41(52)36-8-5-18-50(36)43(53)44(45,46)47/h4,6-7,9-16,20-22,27,36,39-40,42,51H,5,8,17-19,23-26H2,1-3H3,(H,48,52). The maximum atomic E-state index is 13.1. The molecule has 4 aromatic rings. The molecule has 7 rings (SSSR count). The van der Waals surface area contributed by atoms with Crippen LogP contribution in [0.5, 0.6) is 11.5 Å². The zero-order valence-corrected chi connectivity index (χ0v) is 32.3. The molecule has 3 aliphatic heterocycles. The van der Waals surface area contributed by atoms with E-state index in [2.05, 4.69) is 29.3 Å². The first-order valence-electron chi connectivity index (χ1n) is 19.3. The van der Waals surface area contributed by atoms with Gasteiger partial charge in [0.15, 0.2) is 17.8 Å². The molecule has 57 heavy (non-hydrogen) atoms. The highest BCUT2D eigenvalue weighted by Gasteiger charge is 2.47. The normalized spacial score (nSPS) is 22.5. The highest BCUT2D eigenvalue weighted by molar-refractivity contribution is 5.90. The summed E-state index contributed by atoms with van der Waals surface area (Å²) in [5.74, 6) is -1.14. The average molecular weight is 788 g/mol. The molecule has 5 atom stereocenters. The minimum Gasteiger partial charge on any atom is -0.493 e. The Morgan fingerprint density at radius 3 is 2.25 bits per heavy atom. The van der Waals surface area contributed by atoms with Gasteiger partial charge in [-0.3, -0.25) is 14.5 Å². The Morgan fingerprint density at radius 1 is 0.860 bits per heavy atom. The summed E-state index contributed by atoms with van der Waals surface area (Å²) in [5.41, 5.74) is 7.70. The van der Waals surface area contributed by atoms with Crippen molar-refractivity contribution in [3.63, 3.8) is 0 Å². The van der Waals surface area contributed by atoms with Crippen LogP contribution in [0.4, 0.5) is 13.2 Å². The number of carbonyl (C=O) groups excluding carboxylic acids is 2. The summed E-state index contributed by atoms with van der Waals surface area (Å²) < 4.78 is 63.9. The first-order valence-corrected chi connectivity index (χ1v) is 19.3. The molecule has 10 nitrogen and oxygen atoms in total. The fraction of sp³-hybridized carbons (Fsp3) is 0.409. The molecule has 0 aliphatic carbocycles. The van der Waals surface area contributed by atoms with Crippen molar-refractivity contribution in [2.24, 2.45) is 5.92 Å². The second-order valence-electron chi connectivity index (χ2n) is 15.0. The predicted octanol–water partition coefficient (Wildman–Crippen LogP) is 6.88. The van der Waals surface area contributed by atoms with Gasteiger partial charge in [0.2, 0.25) is 5.91 Å². The van der Waals surface area contributed by atoms with Crippen molar-refractivity contribution in [3.05, 3.63) is 118 Å². The topological polar surface area (TPSA) is 110 Å². The highest BCUT2D eigenvalue weighted by Crippen LogP contribution is 2.43. The van der Waals surface area contributed by atoms with Gasteiger partial charge in [0.05, 0.1) is 33.0 Å². The van der Waals surface area contributed by atoms with Crippen LogP contribution in [0.25, 0.3) is 11.1 Å². The number of nitrogens with zero attached hydrogens (tertiary/aromatic N) is 2. The minimum atomic E-state index is -5.02. The number of hydrogen-bond acceptors (Lipinski definition) is 8. The Bertz CT molecular complexity index is 2040. The summed E-state index contributed by atoms with van der Waals surface area (Å²) in [6.07, 6.45) is -4.71. The van der Waals surface area contributed by atoms with E-state index in [0.717, 1.165) is 58.6 Å². The number of amides is 2. The molecule has 5 unspecified atom stereocenters. The van der Waals surface area contributed by atoms with Crippen molar-refractivity contribution in [1.29, 1.82) is 0 Å². The monoisotopic (exact) mass is 787 g/mol. The van der Waals surface area contributed by atoms with Gasteiger partial charge >= 0.3 is 12.1 Å². The van der Waals surface area contributed by atoms with Crippen LogP contribution in [-0.2, 0) is 45.2 Å². The maximum Gasteiger partial charge on any atom is 0.471 e. The molecule has 2 N–H and O–H groups in total. The van der Waals surface area contributed by atoms with Crippen molar-refractivity contribution in [2.45, 2.75) is 76.6 Å². The summed E-state index contributed by atoms with van der Waals surface area (Å²) in [4.78, 5) is 27.8. The molecule has 3 aliphatic rings. The number of methoxy groups -OCH3 is 2. The van der Waals surface area contributed by atoms with Gasteiger partial charge in [0.25, 0.3) is 0 Å². The number of aliphatic hydroxyl groups is 1. The van der Waals surface area contributed by atoms with Crippen LogP contribution < -0.4 is 14.8 Å². The van der Waals surface area contributed by atoms with E-state index in [0.29, 0.717) is 23.6 Å². The number of hydrogen-bond donors (Lipinski definition) is 2. The molecule has 0 radical (unpaired) electrons. The second-order valence-corrected chi connectivity index (χ2v) is 15.0. The molecule has 302 valence electrons. The largest absolute Gasteiger partial charge is 0.493 e. The number of ether oxygens (including phenoxy) is 4. The van der Waals surface area contributed by atoms with Crippen LogP contribution in [0, 0.1) is 5.92 Å². The van der Waals surface area contributed by atoms with Crippen LogP contribution in [0.15, 0.2) is 84.9 Å². The fourth-order valence-electron chi connectivity index (χ4n) is 8.13. The molecule has 13 heteroatoms. The van der Waals surface area contributed by atoms with Crippen LogP contribution in [0.2, 0.25) is 0 Å². The van der Waals surface area contributed by atoms with E-state index in [4.69, 9.17) is 18.9 Å². The van der Waals surface area contributed by atoms with Crippen molar-refractivity contribution >= 4 is 11.8 Å². The number of carbonyl (C=O) groups is 2. The SMILES string of the molecule is COc1cc2c(cc1OC)CN(CC1OC(c3ccc(-c4cccc(CNC(=O)C5CCCN5C(=O)C(F)(F)F)c4)cc3)OC(c3ccc(CO)cc3)C1C)CC2. The van der Waals surface area contributed by atoms with Gasteiger partial charge in [-0.1, -0.05) is 73.7 Å². The zero-order valence-electron chi connectivity index (χ0n) is 32.3. The van der Waals surface area contributed by atoms with Crippen molar-refractivity contribution in [3.8, 4) is 22.6 Å². The van der Waals surface area contributed by atoms with Gasteiger partial charge in [-0.2, -0.15) is 13.2 Å². The lowest BCUT2D eigenvalue weighted by Gasteiger charge is -2.43. The number of halogens is 3. The first kappa shape index (κ1) is 40.3. The zero-order chi connectivity index (χ0) is 40.3. The van der Waals surface area contributed by atoms with E-state index < -0.39 is 30.3 Å². The molecular formula is C44H48F3N3O7. The van der Waals surface area contributed by atoms with Gasteiger partial charge in [-0.25, -0.2) is 0 Å². The van der Waals surface area contributed by atoms with Gasteiger partial charge in [-0.15, -0.1) is 0 Å². The molecule has 2 fully saturated rings. The minimum absolute atomic E-state index is 0.0115. The summed E-state index contributed by atoms with van der Waals surface area (Å²) in [7, 11) is 3.29. The van der Waals surface area contributed by atoms with Gasteiger partial charge in [0.1, 0.15) is 6.04 Å². The van der Waals surface area contributed by atoms with Crippen LogP contribution >= 0.6 is 0 Å².